The summed E-state index contributed by atoms with van der Waals surface area (Å²) >= 11 is 4.32. The van der Waals surface area contributed by atoms with Crippen molar-refractivity contribution in [3.63, 3.8) is 0 Å². The van der Waals surface area contributed by atoms with Crippen molar-refractivity contribution >= 4 is 50.6 Å². The van der Waals surface area contributed by atoms with Crippen molar-refractivity contribution in [2.45, 2.75) is 0 Å². The summed E-state index contributed by atoms with van der Waals surface area (Å²) in [7, 11) is -0.484. The molecule has 0 nitrogen and oxygen atoms in total. The minimum absolute atomic E-state index is 0.484. The van der Waals surface area contributed by atoms with Crippen molar-refractivity contribution in [1.82, 2.24) is 0 Å². The first kappa shape index (κ1) is 19.5. The Labute approximate surface area is 177 Å². The van der Waals surface area contributed by atoms with Gasteiger partial charge in [-0.05, 0) is 42.8 Å². The Balaban J connectivity index is 1.84. The van der Waals surface area contributed by atoms with Gasteiger partial charge in [-0.3, -0.25) is 0 Å². The number of hydrogen-bond acceptors (Lipinski definition) is 0. The lowest BCUT2D eigenvalue weighted by Crippen LogP contribution is -2.24. The maximum Gasteiger partial charge on any atom is 0.153 e. The Morgan fingerprint density at radius 2 is 0.821 bits per heavy atom. The second kappa shape index (κ2) is 9.15. The molecule has 0 aliphatic heterocycles. The molecule has 0 aliphatic rings. The minimum atomic E-state index is -1.72. The third-order valence-electron chi connectivity index (χ3n) is 4.80. The lowest BCUT2D eigenvalue weighted by molar-refractivity contribution is 1.73. The standard InChI is InChI=1S/C25H22BrP2/c26-28(24-17-9-3-10-18-24,25-19-11-4-12-20-25)21-27(22-13-5-1-6-14-22)23-15-7-2-8-16-23/h1-20H,21H2/q+1. The van der Waals surface area contributed by atoms with Crippen LogP contribution in [0.1, 0.15) is 0 Å². The van der Waals surface area contributed by atoms with E-state index < -0.39 is 13.9 Å². The van der Waals surface area contributed by atoms with Crippen molar-refractivity contribution in [1.29, 1.82) is 0 Å². The van der Waals surface area contributed by atoms with Gasteiger partial charge in [0.25, 0.3) is 0 Å². The van der Waals surface area contributed by atoms with Gasteiger partial charge in [0.05, 0.1) is 0 Å². The van der Waals surface area contributed by atoms with E-state index in [1.807, 2.05) is 0 Å². The van der Waals surface area contributed by atoms with Gasteiger partial charge in [0.15, 0.2) is 21.5 Å². The van der Waals surface area contributed by atoms with E-state index in [-0.39, 0.29) is 0 Å². The zero-order valence-corrected chi connectivity index (χ0v) is 18.9. The first-order chi connectivity index (χ1) is 13.8. The van der Waals surface area contributed by atoms with Crippen LogP contribution in [-0.4, -0.2) is 5.90 Å². The molecule has 0 N–H and O–H groups in total. The van der Waals surface area contributed by atoms with Crippen molar-refractivity contribution in [3.8, 4) is 0 Å². The number of benzene rings is 4. The van der Waals surface area contributed by atoms with Gasteiger partial charge in [-0.25, -0.2) is 0 Å². The maximum atomic E-state index is 4.32. The average molecular weight is 464 g/mol. The van der Waals surface area contributed by atoms with Gasteiger partial charge in [0.2, 0.25) is 0 Å². The molecule has 3 heteroatoms. The van der Waals surface area contributed by atoms with E-state index in [1.165, 1.54) is 21.2 Å². The fourth-order valence-electron chi connectivity index (χ4n) is 3.36. The molecule has 4 aromatic rings. The molecule has 0 aromatic heterocycles. The SMILES string of the molecule is Br[P+](CP(c1ccccc1)c1ccccc1)(c1ccccc1)c1ccccc1. The normalized spacial score (nSPS) is 11.5. The molecule has 0 aliphatic carbocycles. The molecule has 0 unspecified atom stereocenters. The van der Waals surface area contributed by atoms with E-state index >= 15 is 0 Å². The highest BCUT2D eigenvalue weighted by Crippen LogP contribution is 2.69. The van der Waals surface area contributed by atoms with Gasteiger partial charge in [-0.2, -0.15) is 0 Å². The molecular formula is C25H22BrP2+. The van der Waals surface area contributed by atoms with Crippen LogP contribution in [0.2, 0.25) is 0 Å². The Bertz CT molecular complexity index is 911. The van der Waals surface area contributed by atoms with E-state index in [0.29, 0.717) is 0 Å². The van der Waals surface area contributed by atoms with Gasteiger partial charge in [0, 0.05) is 0 Å². The predicted octanol–water partition coefficient (Wildman–Crippen LogP) is 6.06. The van der Waals surface area contributed by atoms with Crippen molar-refractivity contribution in [2.75, 3.05) is 5.90 Å². The molecule has 138 valence electrons. The maximum absolute atomic E-state index is 4.32. The Kier molecular flexibility index (Phi) is 6.38. The van der Waals surface area contributed by atoms with Crippen molar-refractivity contribution in [3.05, 3.63) is 121 Å². The molecular weight excluding hydrogens is 442 g/mol. The van der Waals surface area contributed by atoms with E-state index in [4.69, 9.17) is 0 Å². The molecule has 4 rings (SSSR count). The van der Waals surface area contributed by atoms with E-state index in [1.54, 1.807) is 0 Å². The summed E-state index contributed by atoms with van der Waals surface area (Å²) in [5.41, 5.74) is 0. The quantitative estimate of drug-likeness (QED) is 0.305. The minimum Gasteiger partial charge on any atom is -0.0622 e. The third-order valence-corrected chi connectivity index (χ3v) is 16.0. The lowest BCUT2D eigenvalue weighted by atomic mass is 10.4. The fraction of sp³-hybridized carbons (Fsp3) is 0.0400. The van der Waals surface area contributed by atoms with Crippen LogP contribution in [0.4, 0.5) is 0 Å². The van der Waals surface area contributed by atoms with Gasteiger partial charge in [0.1, 0.15) is 16.5 Å². The average Bonchev–Trinajstić information content (AvgIpc) is 2.80. The molecule has 4 aromatic carbocycles. The first-order valence-corrected chi connectivity index (χ1v) is 14.9. The molecule has 0 radical (unpaired) electrons. The van der Waals surface area contributed by atoms with E-state index in [2.05, 4.69) is 137 Å². The highest BCUT2D eigenvalue weighted by molar-refractivity contribution is 9.44. The highest BCUT2D eigenvalue weighted by Gasteiger charge is 2.43. The van der Waals surface area contributed by atoms with Crippen LogP contribution >= 0.6 is 29.4 Å². The van der Waals surface area contributed by atoms with Crippen LogP contribution in [0.25, 0.3) is 0 Å². The van der Waals surface area contributed by atoms with Crippen molar-refractivity contribution < 1.29 is 0 Å². The Hall–Kier alpha value is -1.78. The second-order valence-corrected chi connectivity index (χ2v) is 15.7. The summed E-state index contributed by atoms with van der Waals surface area (Å²) in [6.45, 7) is 0. The molecule has 0 atom stereocenters. The van der Waals surface area contributed by atoms with Gasteiger partial charge in [-0.1, -0.05) is 97.1 Å². The van der Waals surface area contributed by atoms with Crippen LogP contribution in [0, 0.1) is 0 Å². The van der Waals surface area contributed by atoms with E-state index in [9.17, 15) is 0 Å². The molecule has 0 fully saturated rings. The number of rotatable bonds is 6. The van der Waals surface area contributed by atoms with Crippen LogP contribution < -0.4 is 21.2 Å². The molecule has 0 heterocycles. The van der Waals surface area contributed by atoms with Gasteiger partial charge < -0.3 is 0 Å². The molecule has 0 saturated heterocycles. The molecule has 0 saturated carbocycles. The Morgan fingerprint density at radius 1 is 0.500 bits per heavy atom. The summed E-state index contributed by atoms with van der Waals surface area (Å²) in [6.07, 6.45) is 0. The summed E-state index contributed by atoms with van der Waals surface area (Å²) < 4.78 is 0. The van der Waals surface area contributed by atoms with E-state index in [0.717, 1.165) is 5.90 Å². The Morgan fingerprint density at radius 3 is 1.18 bits per heavy atom. The van der Waals surface area contributed by atoms with Gasteiger partial charge >= 0.3 is 0 Å². The summed E-state index contributed by atoms with van der Waals surface area (Å²) in [5.74, 6) is -0.618. The largest absolute Gasteiger partial charge is 0.153 e. The summed E-state index contributed by atoms with van der Waals surface area (Å²) in [5, 5.41) is 5.67. The predicted molar refractivity (Wildman–Crippen MR) is 132 cm³/mol. The smallest absolute Gasteiger partial charge is 0.0622 e. The number of halogens is 1. The van der Waals surface area contributed by atoms with Crippen LogP contribution in [0.3, 0.4) is 0 Å². The zero-order valence-electron chi connectivity index (χ0n) is 15.5. The van der Waals surface area contributed by atoms with Crippen LogP contribution in [0.15, 0.2) is 121 Å². The topological polar surface area (TPSA) is 0 Å². The zero-order chi connectivity index (χ0) is 19.2. The van der Waals surface area contributed by atoms with Crippen molar-refractivity contribution in [2.24, 2.45) is 0 Å². The van der Waals surface area contributed by atoms with Crippen LogP contribution in [0.5, 0.6) is 0 Å². The molecule has 28 heavy (non-hydrogen) atoms. The molecule has 0 amide bonds. The lowest BCUT2D eigenvalue weighted by Gasteiger charge is -2.26. The molecule has 0 spiro atoms. The van der Waals surface area contributed by atoms with Crippen LogP contribution in [-0.2, 0) is 0 Å². The first-order valence-electron chi connectivity index (χ1n) is 9.34. The van der Waals surface area contributed by atoms with Gasteiger partial charge in [-0.15, -0.1) is 0 Å². The summed E-state index contributed by atoms with van der Waals surface area (Å²) in [4.78, 5) is 0. The second-order valence-electron chi connectivity index (χ2n) is 6.63. The number of hydrogen-bond donors (Lipinski definition) is 0. The highest BCUT2D eigenvalue weighted by atomic mass is 79.9. The molecule has 0 bridgehead atoms. The third kappa shape index (κ3) is 4.28. The monoisotopic (exact) mass is 463 g/mol. The summed E-state index contributed by atoms with van der Waals surface area (Å²) in [6, 6.07) is 43.9. The fourth-order valence-corrected chi connectivity index (χ4v) is 13.9.